The van der Waals surface area contributed by atoms with E-state index in [9.17, 15) is 4.79 Å². The molecule has 0 N–H and O–H groups in total. The van der Waals surface area contributed by atoms with E-state index in [0.717, 1.165) is 5.56 Å². The Morgan fingerprint density at radius 3 is 2.64 bits per heavy atom. The smallest absolute Gasteiger partial charge is 0.192 e. The van der Waals surface area contributed by atoms with E-state index in [1.807, 2.05) is 16.7 Å². The number of nitrogens with zero attached hydrogens (tertiary/aromatic N) is 4. The van der Waals surface area contributed by atoms with Crippen LogP contribution in [0.2, 0.25) is 0 Å². The molecule has 0 fully saturated rings. The summed E-state index contributed by atoms with van der Waals surface area (Å²) in [5, 5.41) is 9.17. The second-order valence-electron chi connectivity index (χ2n) is 5.72. The summed E-state index contributed by atoms with van der Waals surface area (Å²) in [6, 6.07) is 8.87. The Morgan fingerprint density at radius 1 is 1.18 bits per heavy atom. The predicted molar refractivity (Wildman–Crippen MR) is 108 cm³/mol. The Hall–Kier alpha value is -3.13. The Bertz CT molecular complexity index is 973. The van der Waals surface area contributed by atoms with Crippen LogP contribution in [0.5, 0.6) is 11.5 Å². The van der Waals surface area contributed by atoms with Crippen LogP contribution >= 0.6 is 11.8 Å². The molecule has 0 unspecified atom stereocenters. The van der Waals surface area contributed by atoms with Gasteiger partial charge >= 0.3 is 0 Å². The molecule has 8 heteroatoms. The number of Topliss-reactive ketones (excluding diaryl/α,β-unsaturated/α-hetero) is 1. The SMILES string of the molecule is C=CCn1c(SCC(=O)c2ccc(OC)cc2OC)nnc1-c1ccncc1. The molecule has 28 heavy (non-hydrogen) atoms. The van der Waals surface area contributed by atoms with Gasteiger partial charge in [0.2, 0.25) is 0 Å². The lowest BCUT2D eigenvalue weighted by molar-refractivity contribution is 0.101. The number of hydrogen-bond acceptors (Lipinski definition) is 7. The van der Waals surface area contributed by atoms with E-state index in [4.69, 9.17) is 9.47 Å². The zero-order valence-corrected chi connectivity index (χ0v) is 16.5. The van der Waals surface area contributed by atoms with Crippen LogP contribution < -0.4 is 9.47 Å². The van der Waals surface area contributed by atoms with E-state index in [1.165, 1.54) is 18.9 Å². The molecule has 144 valence electrons. The Kier molecular flexibility index (Phi) is 6.44. The molecule has 0 saturated heterocycles. The summed E-state index contributed by atoms with van der Waals surface area (Å²) in [4.78, 5) is 16.7. The van der Waals surface area contributed by atoms with Gasteiger partial charge in [0.1, 0.15) is 11.5 Å². The van der Waals surface area contributed by atoms with Crippen molar-refractivity contribution in [2.24, 2.45) is 0 Å². The third-order valence-corrected chi connectivity index (χ3v) is 4.98. The van der Waals surface area contributed by atoms with Gasteiger partial charge in [-0.1, -0.05) is 17.8 Å². The quantitative estimate of drug-likeness (QED) is 0.311. The molecule has 0 amide bonds. The number of carbonyl (C=O) groups excluding carboxylic acids is 1. The average Bonchev–Trinajstić information content (AvgIpc) is 3.15. The third-order valence-electron chi connectivity index (χ3n) is 4.01. The minimum Gasteiger partial charge on any atom is -0.497 e. The second-order valence-corrected chi connectivity index (χ2v) is 6.66. The van der Waals surface area contributed by atoms with Gasteiger partial charge in [-0.15, -0.1) is 16.8 Å². The molecule has 0 spiro atoms. The van der Waals surface area contributed by atoms with E-state index >= 15 is 0 Å². The van der Waals surface area contributed by atoms with Crippen molar-refractivity contribution in [2.75, 3.05) is 20.0 Å². The molecule has 0 aliphatic carbocycles. The normalized spacial score (nSPS) is 10.5. The molecular weight excluding hydrogens is 376 g/mol. The van der Waals surface area contributed by atoms with Crippen molar-refractivity contribution >= 4 is 17.5 Å². The number of rotatable bonds is 9. The van der Waals surface area contributed by atoms with Gasteiger partial charge in [-0.3, -0.25) is 14.3 Å². The summed E-state index contributed by atoms with van der Waals surface area (Å²) in [7, 11) is 3.10. The Morgan fingerprint density at radius 2 is 1.96 bits per heavy atom. The van der Waals surface area contributed by atoms with Crippen LogP contribution in [0.4, 0.5) is 0 Å². The van der Waals surface area contributed by atoms with Crippen molar-refractivity contribution in [1.82, 2.24) is 19.7 Å². The van der Waals surface area contributed by atoms with Crippen LogP contribution in [0.3, 0.4) is 0 Å². The lowest BCUT2D eigenvalue weighted by Gasteiger charge is -2.10. The lowest BCUT2D eigenvalue weighted by atomic mass is 10.1. The van der Waals surface area contributed by atoms with E-state index in [-0.39, 0.29) is 11.5 Å². The van der Waals surface area contributed by atoms with Crippen molar-refractivity contribution in [2.45, 2.75) is 11.7 Å². The molecule has 0 atom stereocenters. The van der Waals surface area contributed by atoms with E-state index in [1.54, 1.807) is 43.8 Å². The zero-order valence-electron chi connectivity index (χ0n) is 15.7. The topological polar surface area (TPSA) is 79.1 Å². The van der Waals surface area contributed by atoms with Gasteiger partial charge in [0, 0.05) is 30.6 Å². The standard InChI is InChI=1S/C20H20N4O3S/c1-4-11-24-19(14-7-9-21-10-8-14)22-23-20(24)28-13-17(25)16-6-5-15(26-2)12-18(16)27-3/h4-10,12H,1,11,13H2,2-3H3. The van der Waals surface area contributed by atoms with Gasteiger partial charge in [0.05, 0.1) is 25.5 Å². The highest BCUT2D eigenvalue weighted by Gasteiger charge is 2.18. The number of methoxy groups -OCH3 is 2. The molecule has 2 aromatic heterocycles. The van der Waals surface area contributed by atoms with Crippen molar-refractivity contribution in [3.05, 3.63) is 60.9 Å². The van der Waals surface area contributed by atoms with Gasteiger partial charge in [-0.05, 0) is 24.3 Å². The number of thioether (sulfide) groups is 1. The molecule has 0 saturated carbocycles. The fourth-order valence-corrected chi connectivity index (χ4v) is 3.47. The number of benzene rings is 1. The first-order valence-electron chi connectivity index (χ1n) is 8.50. The van der Waals surface area contributed by atoms with Crippen LogP contribution in [0, 0.1) is 0 Å². The number of ether oxygens (including phenoxy) is 2. The molecule has 0 bridgehead atoms. The van der Waals surface area contributed by atoms with Crippen LogP contribution in [-0.4, -0.2) is 45.5 Å². The molecule has 0 aliphatic heterocycles. The first-order valence-corrected chi connectivity index (χ1v) is 9.49. The highest BCUT2D eigenvalue weighted by Crippen LogP contribution is 2.28. The van der Waals surface area contributed by atoms with Gasteiger partial charge in [0.15, 0.2) is 16.8 Å². The van der Waals surface area contributed by atoms with Gasteiger partial charge in [-0.25, -0.2) is 0 Å². The lowest BCUT2D eigenvalue weighted by Crippen LogP contribution is -2.07. The molecule has 7 nitrogen and oxygen atoms in total. The second kappa shape index (κ2) is 9.18. The maximum absolute atomic E-state index is 12.7. The fourth-order valence-electron chi connectivity index (χ4n) is 2.64. The monoisotopic (exact) mass is 396 g/mol. The number of hydrogen-bond donors (Lipinski definition) is 0. The Balaban J connectivity index is 1.80. The molecular formula is C20H20N4O3S. The number of allylic oxidation sites excluding steroid dienone is 1. The Labute approximate surface area is 167 Å². The van der Waals surface area contributed by atoms with Gasteiger partial charge in [-0.2, -0.15) is 0 Å². The molecule has 0 aliphatic rings. The number of aromatic nitrogens is 4. The molecule has 3 aromatic rings. The highest BCUT2D eigenvalue weighted by molar-refractivity contribution is 7.99. The van der Waals surface area contributed by atoms with Crippen LogP contribution in [-0.2, 0) is 6.54 Å². The van der Waals surface area contributed by atoms with Crippen LogP contribution in [0.25, 0.3) is 11.4 Å². The van der Waals surface area contributed by atoms with Gasteiger partial charge < -0.3 is 9.47 Å². The third kappa shape index (κ3) is 4.23. The molecule has 0 radical (unpaired) electrons. The summed E-state index contributed by atoms with van der Waals surface area (Å²) in [6.07, 6.45) is 5.18. The van der Waals surface area contributed by atoms with Crippen molar-refractivity contribution < 1.29 is 14.3 Å². The average molecular weight is 396 g/mol. The number of carbonyl (C=O) groups is 1. The summed E-state index contributed by atoms with van der Waals surface area (Å²) >= 11 is 1.32. The van der Waals surface area contributed by atoms with Gasteiger partial charge in [0.25, 0.3) is 0 Å². The largest absolute Gasteiger partial charge is 0.497 e. The summed E-state index contributed by atoms with van der Waals surface area (Å²) in [5.74, 6) is 1.96. The van der Waals surface area contributed by atoms with Crippen LogP contribution in [0.15, 0.2) is 60.5 Å². The number of ketones is 1. The number of pyridine rings is 1. The minimum absolute atomic E-state index is 0.0666. The van der Waals surface area contributed by atoms with Crippen molar-refractivity contribution in [1.29, 1.82) is 0 Å². The van der Waals surface area contributed by atoms with Crippen LogP contribution in [0.1, 0.15) is 10.4 Å². The fraction of sp³-hybridized carbons (Fsp3) is 0.200. The molecule has 2 heterocycles. The summed E-state index contributed by atoms with van der Waals surface area (Å²) in [6.45, 7) is 4.33. The molecule has 1 aromatic carbocycles. The van der Waals surface area contributed by atoms with E-state index < -0.39 is 0 Å². The van der Waals surface area contributed by atoms with Crippen molar-refractivity contribution in [3.8, 4) is 22.9 Å². The van der Waals surface area contributed by atoms with Crippen molar-refractivity contribution in [3.63, 3.8) is 0 Å². The predicted octanol–water partition coefficient (Wildman–Crippen LogP) is 3.52. The summed E-state index contributed by atoms with van der Waals surface area (Å²) in [5.41, 5.74) is 1.40. The zero-order chi connectivity index (χ0) is 19.9. The van der Waals surface area contributed by atoms with E-state index in [0.29, 0.717) is 34.6 Å². The maximum atomic E-state index is 12.7. The maximum Gasteiger partial charge on any atom is 0.192 e. The molecule has 3 rings (SSSR count). The minimum atomic E-state index is -0.0666. The van der Waals surface area contributed by atoms with E-state index in [2.05, 4.69) is 21.8 Å². The highest BCUT2D eigenvalue weighted by atomic mass is 32.2. The first-order chi connectivity index (χ1) is 13.7. The first kappa shape index (κ1) is 19.6. The summed E-state index contributed by atoms with van der Waals surface area (Å²) < 4.78 is 12.4.